The van der Waals surface area contributed by atoms with Gasteiger partial charge in [-0.05, 0) is 80.1 Å². The van der Waals surface area contributed by atoms with Crippen molar-refractivity contribution in [1.29, 1.82) is 5.26 Å². The second-order valence-electron chi connectivity index (χ2n) is 10.5. The first-order valence-electron chi connectivity index (χ1n) is 14.2. The zero-order valence-corrected chi connectivity index (χ0v) is 23.0. The van der Waals surface area contributed by atoms with Crippen LogP contribution in [0.5, 0.6) is 0 Å². The summed E-state index contributed by atoms with van der Waals surface area (Å²) in [5.74, 6) is 7.14. The van der Waals surface area contributed by atoms with Crippen LogP contribution in [0.15, 0.2) is 77.2 Å². The molecule has 0 aliphatic carbocycles. The van der Waals surface area contributed by atoms with Gasteiger partial charge in [-0.2, -0.15) is 5.26 Å². The van der Waals surface area contributed by atoms with Crippen LogP contribution in [0, 0.1) is 23.2 Å². The Morgan fingerprint density at radius 1 is 1.00 bits per heavy atom. The van der Waals surface area contributed by atoms with Crippen LogP contribution < -0.4 is 5.32 Å². The largest absolute Gasteiger partial charge is 0.419 e. The van der Waals surface area contributed by atoms with Crippen LogP contribution in [-0.4, -0.2) is 40.1 Å². The van der Waals surface area contributed by atoms with Crippen molar-refractivity contribution >= 4 is 5.91 Å². The van der Waals surface area contributed by atoms with Crippen LogP contribution in [0.3, 0.4) is 0 Å². The van der Waals surface area contributed by atoms with Crippen molar-refractivity contribution in [3.05, 3.63) is 95.4 Å². The molecule has 0 bridgehead atoms. The van der Waals surface area contributed by atoms with Crippen molar-refractivity contribution in [2.45, 2.75) is 50.6 Å². The standard InChI is InChI=1S/C34H31N5O2/c1-2-10-28-14-9-18-39(28)34(40)27-20-25(29-15-7-6-13-24(29)22-35)19-26(21-27)32-37-38-33(41-32)31-30(16-8-17-36-31)23-11-4-3-5-12-23/h3-7,11-13,15,19-21,28,30-31,36H,8-9,14,16-18H2,1H3/t28-,30?,31?/m0/s1. The van der Waals surface area contributed by atoms with Gasteiger partial charge in [0.25, 0.3) is 5.91 Å². The molecule has 41 heavy (non-hydrogen) atoms. The SMILES string of the molecule is CC#C[C@H]1CCCN1C(=O)c1cc(-c2nnc(C3NCCCC3c3ccccc3)o2)cc(-c2ccccc2C#N)c1. The maximum Gasteiger partial charge on any atom is 0.254 e. The highest BCUT2D eigenvalue weighted by Crippen LogP contribution is 2.38. The zero-order chi connectivity index (χ0) is 28.2. The van der Waals surface area contributed by atoms with Crippen LogP contribution in [-0.2, 0) is 0 Å². The van der Waals surface area contributed by atoms with Crippen molar-refractivity contribution in [3.63, 3.8) is 0 Å². The number of nitriles is 1. The first kappa shape index (κ1) is 26.5. The van der Waals surface area contributed by atoms with E-state index in [0.717, 1.165) is 43.4 Å². The Morgan fingerprint density at radius 3 is 2.63 bits per heavy atom. The van der Waals surface area contributed by atoms with Gasteiger partial charge in [0.2, 0.25) is 11.8 Å². The van der Waals surface area contributed by atoms with Gasteiger partial charge in [0, 0.05) is 23.6 Å². The fourth-order valence-corrected chi connectivity index (χ4v) is 6.04. The molecule has 0 saturated carbocycles. The minimum atomic E-state index is -0.103. The number of carbonyl (C=O) groups is 1. The number of piperidine rings is 1. The second kappa shape index (κ2) is 11.8. The molecule has 1 N–H and O–H groups in total. The van der Waals surface area contributed by atoms with E-state index in [1.807, 2.05) is 47.4 Å². The summed E-state index contributed by atoms with van der Waals surface area (Å²) in [7, 11) is 0. The van der Waals surface area contributed by atoms with Gasteiger partial charge in [0.05, 0.1) is 23.7 Å². The minimum absolute atomic E-state index is 0.0920. The Labute approximate surface area is 240 Å². The Kier molecular flexibility index (Phi) is 7.63. The average Bonchev–Trinajstić information content (AvgIpc) is 3.72. The maximum atomic E-state index is 13.8. The highest BCUT2D eigenvalue weighted by Gasteiger charge is 2.32. The maximum absolute atomic E-state index is 13.8. The first-order valence-corrected chi connectivity index (χ1v) is 14.2. The number of nitrogens with one attached hydrogen (secondary N) is 1. The fourth-order valence-electron chi connectivity index (χ4n) is 6.04. The molecule has 2 saturated heterocycles. The van der Waals surface area contributed by atoms with Gasteiger partial charge < -0.3 is 14.6 Å². The number of rotatable bonds is 5. The van der Waals surface area contributed by atoms with E-state index in [9.17, 15) is 10.1 Å². The third kappa shape index (κ3) is 5.37. The molecular formula is C34H31N5O2. The minimum Gasteiger partial charge on any atom is -0.419 e. The zero-order valence-electron chi connectivity index (χ0n) is 23.0. The monoisotopic (exact) mass is 541 g/mol. The van der Waals surface area contributed by atoms with Crippen molar-refractivity contribution in [2.24, 2.45) is 0 Å². The summed E-state index contributed by atoms with van der Waals surface area (Å²) in [6, 6.07) is 25.5. The molecule has 3 heterocycles. The number of nitrogens with zero attached hydrogens (tertiary/aromatic N) is 4. The molecule has 1 aromatic heterocycles. The van der Waals surface area contributed by atoms with Crippen LogP contribution in [0.1, 0.15) is 71.9 Å². The molecule has 0 radical (unpaired) electrons. The lowest BCUT2D eigenvalue weighted by molar-refractivity contribution is 0.0766. The van der Waals surface area contributed by atoms with E-state index < -0.39 is 0 Å². The summed E-state index contributed by atoms with van der Waals surface area (Å²) in [6.07, 6.45) is 3.87. The lowest BCUT2D eigenvalue weighted by Crippen LogP contribution is -2.34. The molecule has 2 unspecified atom stereocenters. The number of likely N-dealkylation sites (tertiary alicyclic amines) is 1. The molecule has 6 rings (SSSR count). The molecule has 2 aliphatic rings. The number of aromatic nitrogens is 2. The van der Waals surface area contributed by atoms with Crippen molar-refractivity contribution in [3.8, 4) is 40.5 Å². The van der Waals surface area contributed by atoms with E-state index in [1.165, 1.54) is 5.56 Å². The smallest absolute Gasteiger partial charge is 0.254 e. The molecule has 0 spiro atoms. The molecule has 7 heteroatoms. The van der Waals surface area contributed by atoms with Gasteiger partial charge in [0.15, 0.2) is 0 Å². The Morgan fingerprint density at radius 2 is 1.80 bits per heavy atom. The van der Waals surface area contributed by atoms with E-state index in [1.54, 1.807) is 13.0 Å². The van der Waals surface area contributed by atoms with Gasteiger partial charge in [0.1, 0.15) is 0 Å². The highest BCUT2D eigenvalue weighted by atomic mass is 16.4. The van der Waals surface area contributed by atoms with Gasteiger partial charge >= 0.3 is 0 Å². The topological polar surface area (TPSA) is 95.1 Å². The summed E-state index contributed by atoms with van der Waals surface area (Å²) < 4.78 is 6.33. The quantitative estimate of drug-likeness (QED) is 0.306. The Hall–Kier alpha value is -4.72. The summed E-state index contributed by atoms with van der Waals surface area (Å²) in [6.45, 7) is 3.34. The van der Waals surface area contributed by atoms with E-state index in [-0.39, 0.29) is 23.9 Å². The number of hydrogen-bond acceptors (Lipinski definition) is 6. The predicted octanol–water partition coefficient (Wildman–Crippen LogP) is 6.11. The number of hydrogen-bond donors (Lipinski definition) is 1. The van der Waals surface area contributed by atoms with E-state index in [0.29, 0.717) is 35.0 Å². The van der Waals surface area contributed by atoms with Crippen LogP contribution in [0.25, 0.3) is 22.6 Å². The number of benzene rings is 3. The van der Waals surface area contributed by atoms with Crippen molar-refractivity contribution in [2.75, 3.05) is 13.1 Å². The molecule has 3 aromatic carbocycles. The first-order chi connectivity index (χ1) is 20.2. The van der Waals surface area contributed by atoms with Crippen LogP contribution in [0.4, 0.5) is 0 Å². The highest BCUT2D eigenvalue weighted by molar-refractivity contribution is 5.97. The van der Waals surface area contributed by atoms with Gasteiger partial charge in [-0.15, -0.1) is 16.1 Å². The lowest BCUT2D eigenvalue weighted by Gasteiger charge is -2.30. The lowest BCUT2D eigenvalue weighted by atomic mass is 9.85. The van der Waals surface area contributed by atoms with Gasteiger partial charge in [-0.1, -0.05) is 54.5 Å². The van der Waals surface area contributed by atoms with Crippen LogP contribution >= 0.6 is 0 Å². The number of carbonyl (C=O) groups excluding carboxylic acids is 1. The van der Waals surface area contributed by atoms with Crippen LogP contribution in [0.2, 0.25) is 0 Å². The molecule has 3 atom stereocenters. The molecule has 2 fully saturated rings. The molecular weight excluding hydrogens is 510 g/mol. The normalized spacial score (nSPS) is 20.2. The third-order valence-electron chi connectivity index (χ3n) is 8.00. The molecule has 4 aromatic rings. The van der Waals surface area contributed by atoms with E-state index in [2.05, 4.69) is 57.7 Å². The summed E-state index contributed by atoms with van der Waals surface area (Å²) in [5.41, 5.74) is 4.41. The van der Waals surface area contributed by atoms with E-state index in [4.69, 9.17) is 4.42 Å². The average molecular weight is 542 g/mol. The predicted molar refractivity (Wildman–Crippen MR) is 157 cm³/mol. The molecule has 1 amide bonds. The summed E-state index contributed by atoms with van der Waals surface area (Å²) >= 11 is 0. The molecule has 204 valence electrons. The second-order valence-corrected chi connectivity index (χ2v) is 10.5. The third-order valence-corrected chi connectivity index (χ3v) is 8.00. The number of amides is 1. The van der Waals surface area contributed by atoms with Crippen molar-refractivity contribution < 1.29 is 9.21 Å². The van der Waals surface area contributed by atoms with Gasteiger partial charge in [-0.3, -0.25) is 4.79 Å². The molecule has 7 nitrogen and oxygen atoms in total. The van der Waals surface area contributed by atoms with Gasteiger partial charge in [-0.25, -0.2) is 0 Å². The van der Waals surface area contributed by atoms with E-state index >= 15 is 0 Å². The Bertz CT molecular complexity index is 1660. The summed E-state index contributed by atoms with van der Waals surface area (Å²) in [4.78, 5) is 15.7. The Balaban J connectivity index is 1.41. The molecule has 2 aliphatic heterocycles. The summed E-state index contributed by atoms with van der Waals surface area (Å²) in [5, 5.41) is 22.3. The van der Waals surface area contributed by atoms with Crippen molar-refractivity contribution in [1.82, 2.24) is 20.4 Å². The fraction of sp³-hybridized carbons (Fsp3) is 0.294.